The highest BCUT2D eigenvalue weighted by Gasteiger charge is 2.17. The number of hydrogen-bond acceptors (Lipinski definition) is 4. The van der Waals surface area contributed by atoms with Crippen LogP contribution in [-0.2, 0) is 0 Å². The summed E-state index contributed by atoms with van der Waals surface area (Å²) < 4.78 is 0. The molecule has 0 bridgehead atoms. The van der Waals surface area contributed by atoms with E-state index in [2.05, 4.69) is 10.3 Å². The molecule has 1 aromatic heterocycles. The SMILES string of the molecule is Cc1ccc(C(=O)N[C@@H](C)c2ccccn2)cc1[N+](=O)[O-]. The molecule has 6 nitrogen and oxygen atoms in total. The number of aryl methyl sites for hydroxylation is 1. The van der Waals surface area contributed by atoms with Gasteiger partial charge in [-0.3, -0.25) is 19.9 Å². The van der Waals surface area contributed by atoms with Crippen molar-refractivity contribution in [3.63, 3.8) is 0 Å². The van der Waals surface area contributed by atoms with Gasteiger partial charge in [-0.25, -0.2) is 0 Å². The molecule has 1 amide bonds. The summed E-state index contributed by atoms with van der Waals surface area (Å²) in [5, 5.41) is 13.7. The van der Waals surface area contributed by atoms with Gasteiger partial charge in [0.25, 0.3) is 11.6 Å². The van der Waals surface area contributed by atoms with Gasteiger partial charge in [0.15, 0.2) is 0 Å². The standard InChI is InChI=1S/C15H15N3O3/c1-10-6-7-12(9-14(10)18(20)21)15(19)17-11(2)13-5-3-4-8-16-13/h3-9,11H,1-2H3,(H,17,19)/t11-/m0/s1. The Morgan fingerprint density at radius 2 is 2.10 bits per heavy atom. The van der Waals surface area contributed by atoms with Crippen LogP contribution in [0, 0.1) is 17.0 Å². The van der Waals surface area contributed by atoms with Crippen molar-refractivity contribution in [3.8, 4) is 0 Å². The molecule has 2 rings (SSSR count). The lowest BCUT2D eigenvalue weighted by atomic mass is 10.1. The van der Waals surface area contributed by atoms with Gasteiger partial charge in [0.2, 0.25) is 0 Å². The van der Waals surface area contributed by atoms with E-state index in [0.717, 1.165) is 5.69 Å². The van der Waals surface area contributed by atoms with Gasteiger partial charge in [0, 0.05) is 23.4 Å². The number of pyridine rings is 1. The molecule has 0 aliphatic rings. The number of aromatic nitrogens is 1. The topological polar surface area (TPSA) is 85.1 Å². The molecule has 1 heterocycles. The maximum Gasteiger partial charge on any atom is 0.273 e. The summed E-state index contributed by atoms with van der Waals surface area (Å²) in [4.78, 5) is 26.7. The molecular formula is C15H15N3O3. The van der Waals surface area contributed by atoms with Crippen molar-refractivity contribution in [2.24, 2.45) is 0 Å². The molecule has 21 heavy (non-hydrogen) atoms. The number of hydrogen-bond donors (Lipinski definition) is 1. The predicted molar refractivity (Wildman–Crippen MR) is 78.0 cm³/mol. The molecule has 6 heteroatoms. The van der Waals surface area contributed by atoms with Gasteiger partial charge in [-0.15, -0.1) is 0 Å². The van der Waals surface area contributed by atoms with Crippen molar-refractivity contribution in [3.05, 3.63) is 69.5 Å². The van der Waals surface area contributed by atoms with Crippen LogP contribution in [0.5, 0.6) is 0 Å². The van der Waals surface area contributed by atoms with Crippen LogP contribution in [0.3, 0.4) is 0 Å². The maximum absolute atomic E-state index is 12.2. The van der Waals surface area contributed by atoms with Crippen LogP contribution >= 0.6 is 0 Å². The van der Waals surface area contributed by atoms with Gasteiger partial charge >= 0.3 is 0 Å². The fraction of sp³-hybridized carbons (Fsp3) is 0.200. The normalized spacial score (nSPS) is 11.7. The Morgan fingerprint density at radius 3 is 2.71 bits per heavy atom. The zero-order valence-corrected chi connectivity index (χ0v) is 11.7. The van der Waals surface area contributed by atoms with Gasteiger partial charge in [-0.2, -0.15) is 0 Å². The van der Waals surface area contributed by atoms with Gasteiger partial charge < -0.3 is 5.32 Å². The van der Waals surface area contributed by atoms with Crippen LogP contribution < -0.4 is 5.32 Å². The first kappa shape index (κ1) is 14.6. The van der Waals surface area contributed by atoms with E-state index >= 15 is 0 Å². The van der Waals surface area contributed by atoms with Crippen molar-refractivity contribution in [1.29, 1.82) is 0 Å². The monoisotopic (exact) mass is 285 g/mol. The number of rotatable bonds is 4. The third-order valence-electron chi connectivity index (χ3n) is 3.15. The highest BCUT2D eigenvalue weighted by Crippen LogP contribution is 2.20. The Morgan fingerprint density at radius 1 is 1.33 bits per heavy atom. The minimum atomic E-state index is -0.492. The first-order valence-corrected chi connectivity index (χ1v) is 6.46. The third kappa shape index (κ3) is 3.42. The molecule has 0 fully saturated rings. The molecule has 0 saturated carbocycles. The lowest BCUT2D eigenvalue weighted by Crippen LogP contribution is -2.27. The van der Waals surface area contributed by atoms with Crippen molar-refractivity contribution in [2.45, 2.75) is 19.9 Å². The summed E-state index contributed by atoms with van der Waals surface area (Å²) in [6.07, 6.45) is 1.65. The first-order valence-electron chi connectivity index (χ1n) is 6.46. The molecule has 1 atom stereocenters. The number of nitrogens with zero attached hydrogens (tertiary/aromatic N) is 2. The number of nitro benzene ring substituents is 1. The van der Waals surface area contributed by atoms with Gasteiger partial charge in [-0.05, 0) is 32.0 Å². The van der Waals surface area contributed by atoms with Crippen LogP contribution in [0.2, 0.25) is 0 Å². The van der Waals surface area contributed by atoms with E-state index in [1.807, 2.05) is 19.1 Å². The second-order valence-electron chi connectivity index (χ2n) is 4.71. The highest BCUT2D eigenvalue weighted by molar-refractivity contribution is 5.95. The predicted octanol–water partition coefficient (Wildman–Crippen LogP) is 2.79. The summed E-state index contributed by atoms with van der Waals surface area (Å²) in [6, 6.07) is 9.59. The van der Waals surface area contributed by atoms with Crippen LogP contribution in [0.15, 0.2) is 42.6 Å². The molecule has 0 saturated heterocycles. The number of carbonyl (C=O) groups excluding carboxylic acids is 1. The van der Waals surface area contributed by atoms with E-state index in [-0.39, 0.29) is 23.2 Å². The third-order valence-corrected chi connectivity index (χ3v) is 3.15. The molecule has 0 aliphatic heterocycles. The van der Waals surface area contributed by atoms with Crippen LogP contribution in [0.25, 0.3) is 0 Å². The van der Waals surface area contributed by atoms with Gasteiger partial charge in [0.05, 0.1) is 16.7 Å². The fourth-order valence-electron chi connectivity index (χ4n) is 1.93. The summed E-state index contributed by atoms with van der Waals surface area (Å²) in [5.41, 5.74) is 1.45. The summed E-state index contributed by atoms with van der Waals surface area (Å²) in [5.74, 6) is -0.365. The summed E-state index contributed by atoms with van der Waals surface area (Å²) >= 11 is 0. The highest BCUT2D eigenvalue weighted by atomic mass is 16.6. The lowest BCUT2D eigenvalue weighted by molar-refractivity contribution is -0.385. The molecule has 0 radical (unpaired) electrons. The van der Waals surface area contributed by atoms with Gasteiger partial charge in [0.1, 0.15) is 0 Å². The average Bonchev–Trinajstić information content (AvgIpc) is 2.48. The van der Waals surface area contributed by atoms with E-state index in [1.54, 1.807) is 31.3 Å². The van der Waals surface area contributed by atoms with Crippen LogP contribution in [0.1, 0.15) is 34.6 Å². The number of carbonyl (C=O) groups is 1. The zero-order valence-electron chi connectivity index (χ0n) is 11.7. The molecule has 1 N–H and O–H groups in total. The van der Waals surface area contributed by atoms with E-state index in [9.17, 15) is 14.9 Å². The average molecular weight is 285 g/mol. The Kier molecular flexibility index (Phi) is 4.27. The maximum atomic E-state index is 12.2. The molecule has 0 unspecified atom stereocenters. The quantitative estimate of drug-likeness (QED) is 0.691. The minimum Gasteiger partial charge on any atom is -0.344 e. The Hall–Kier alpha value is -2.76. The van der Waals surface area contributed by atoms with Crippen molar-refractivity contribution >= 4 is 11.6 Å². The lowest BCUT2D eigenvalue weighted by Gasteiger charge is -2.13. The smallest absolute Gasteiger partial charge is 0.273 e. The van der Waals surface area contributed by atoms with Gasteiger partial charge in [-0.1, -0.05) is 12.1 Å². The van der Waals surface area contributed by atoms with E-state index in [1.165, 1.54) is 6.07 Å². The van der Waals surface area contributed by atoms with Crippen molar-refractivity contribution < 1.29 is 9.72 Å². The minimum absolute atomic E-state index is 0.0619. The molecular weight excluding hydrogens is 270 g/mol. The summed E-state index contributed by atoms with van der Waals surface area (Å²) in [7, 11) is 0. The second kappa shape index (κ2) is 6.13. The second-order valence-corrected chi connectivity index (χ2v) is 4.71. The molecule has 108 valence electrons. The van der Waals surface area contributed by atoms with E-state index in [4.69, 9.17) is 0 Å². The largest absolute Gasteiger partial charge is 0.344 e. The fourth-order valence-corrected chi connectivity index (χ4v) is 1.93. The number of nitrogens with one attached hydrogen (secondary N) is 1. The van der Waals surface area contributed by atoms with Crippen molar-refractivity contribution in [2.75, 3.05) is 0 Å². The number of benzene rings is 1. The molecule has 2 aromatic rings. The molecule has 0 aliphatic carbocycles. The Labute approximate surface area is 122 Å². The molecule has 0 spiro atoms. The van der Waals surface area contributed by atoms with E-state index < -0.39 is 4.92 Å². The summed E-state index contributed by atoms with van der Waals surface area (Å²) in [6.45, 7) is 3.44. The Bertz CT molecular complexity index is 671. The molecule has 1 aromatic carbocycles. The van der Waals surface area contributed by atoms with Crippen LogP contribution in [-0.4, -0.2) is 15.8 Å². The zero-order chi connectivity index (χ0) is 15.4. The number of amides is 1. The Balaban J connectivity index is 2.17. The van der Waals surface area contributed by atoms with E-state index in [0.29, 0.717) is 5.56 Å². The van der Waals surface area contributed by atoms with Crippen LogP contribution in [0.4, 0.5) is 5.69 Å². The van der Waals surface area contributed by atoms with Crippen molar-refractivity contribution in [1.82, 2.24) is 10.3 Å². The first-order chi connectivity index (χ1) is 9.99. The number of nitro groups is 1.